The van der Waals surface area contributed by atoms with Crippen LogP contribution in [0, 0.1) is 13.8 Å². The predicted octanol–water partition coefficient (Wildman–Crippen LogP) is 4.55. The van der Waals surface area contributed by atoms with Gasteiger partial charge in [0, 0.05) is 34.9 Å². The first-order valence-electron chi connectivity index (χ1n) is 7.22. The Hall–Kier alpha value is -2.81. The lowest BCUT2D eigenvalue weighted by atomic mass is 10.2. The predicted molar refractivity (Wildman–Crippen MR) is 90.6 cm³/mol. The van der Waals surface area contributed by atoms with Crippen LogP contribution < -0.4 is 0 Å². The Morgan fingerprint density at radius 1 is 0.955 bits per heavy atom. The van der Waals surface area contributed by atoms with Gasteiger partial charge in [0.25, 0.3) is 0 Å². The van der Waals surface area contributed by atoms with Crippen LogP contribution in [0.5, 0.6) is 5.75 Å². The van der Waals surface area contributed by atoms with Crippen molar-refractivity contribution in [3.05, 3.63) is 77.6 Å². The maximum atomic E-state index is 9.48. The summed E-state index contributed by atoms with van der Waals surface area (Å²) >= 11 is 0. The summed E-state index contributed by atoms with van der Waals surface area (Å²) in [6.45, 7) is 4.18. The van der Waals surface area contributed by atoms with Crippen molar-refractivity contribution in [1.82, 2.24) is 4.57 Å². The Bertz CT molecular complexity index is 817. The van der Waals surface area contributed by atoms with Gasteiger partial charge in [0.05, 0.1) is 5.69 Å². The number of rotatable bonds is 3. The van der Waals surface area contributed by atoms with Crippen molar-refractivity contribution in [2.24, 2.45) is 4.99 Å². The number of hydrogen-bond donors (Lipinski definition) is 1. The molecule has 0 aliphatic carbocycles. The summed E-state index contributed by atoms with van der Waals surface area (Å²) < 4.78 is 2.21. The number of para-hydroxylation sites is 1. The first kappa shape index (κ1) is 14.1. The molecule has 0 spiro atoms. The molecule has 0 atom stereocenters. The molecular weight excluding hydrogens is 272 g/mol. The summed E-state index contributed by atoms with van der Waals surface area (Å²) in [7, 11) is 0. The van der Waals surface area contributed by atoms with Crippen molar-refractivity contribution in [3.8, 4) is 11.4 Å². The fourth-order valence-electron chi connectivity index (χ4n) is 2.61. The van der Waals surface area contributed by atoms with Crippen LogP contribution in [0.2, 0.25) is 0 Å². The van der Waals surface area contributed by atoms with Gasteiger partial charge in [-0.15, -0.1) is 0 Å². The number of aromatic hydroxyl groups is 1. The van der Waals surface area contributed by atoms with Crippen molar-refractivity contribution in [3.63, 3.8) is 0 Å². The van der Waals surface area contributed by atoms with Gasteiger partial charge in [-0.3, -0.25) is 4.99 Å². The number of hydrogen-bond acceptors (Lipinski definition) is 2. The number of nitrogens with zero attached hydrogens (tertiary/aromatic N) is 2. The Labute approximate surface area is 130 Å². The summed E-state index contributed by atoms with van der Waals surface area (Å²) in [5, 5.41) is 9.48. The Balaban J connectivity index is 1.96. The van der Waals surface area contributed by atoms with E-state index in [1.807, 2.05) is 30.5 Å². The van der Waals surface area contributed by atoms with E-state index in [1.54, 1.807) is 18.2 Å². The van der Waals surface area contributed by atoms with Gasteiger partial charge >= 0.3 is 0 Å². The van der Waals surface area contributed by atoms with Gasteiger partial charge in [0.2, 0.25) is 0 Å². The van der Waals surface area contributed by atoms with E-state index in [9.17, 15) is 5.11 Å². The molecule has 1 aromatic heterocycles. The zero-order valence-corrected chi connectivity index (χ0v) is 12.7. The fourth-order valence-corrected chi connectivity index (χ4v) is 2.61. The van der Waals surface area contributed by atoms with Crippen molar-refractivity contribution in [1.29, 1.82) is 0 Å². The van der Waals surface area contributed by atoms with Crippen LogP contribution in [0.25, 0.3) is 5.69 Å². The van der Waals surface area contributed by atoms with E-state index in [2.05, 4.69) is 41.6 Å². The van der Waals surface area contributed by atoms with Crippen LogP contribution in [0.4, 0.5) is 5.69 Å². The average molecular weight is 290 g/mol. The molecule has 0 aliphatic rings. The molecule has 0 aliphatic heterocycles. The van der Waals surface area contributed by atoms with Gasteiger partial charge in [0.15, 0.2) is 0 Å². The second kappa shape index (κ2) is 5.90. The van der Waals surface area contributed by atoms with E-state index in [0.29, 0.717) is 0 Å². The second-order valence-corrected chi connectivity index (χ2v) is 5.28. The van der Waals surface area contributed by atoms with Gasteiger partial charge in [-0.1, -0.05) is 24.3 Å². The van der Waals surface area contributed by atoms with Crippen molar-refractivity contribution in [2.45, 2.75) is 13.8 Å². The summed E-state index contributed by atoms with van der Waals surface area (Å²) in [5.74, 6) is 0.226. The third-order valence-corrected chi connectivity index (χ3v) is 3.67. The monoisotopic (exact) mass is 290 g/mol. The molecule has 1 N–H and O–H groups in total. The Kier molecular flexibility index (Phi) is 3.79. The first-order valence-corrected chi connectivity index (χ1v) is 7.22. The number of aryl methyl sites for hydroxylation is 1. The van der Waals surface area contributed by atoms with Crippen LogP contribution in [0.1, 0.15) is 17.0 Å². The number of aliphatic imine (C=N–C) groups is 1. The van der Waals surface area contributed by atoms with E-state index >= 15 is 0 Å². The highest BCUT2D eigenvalue weighted by Crippen LogP contribution is 2.22. The molecule has 1 heterocycles. The number of phenols is 1. The smallest absolute Gasteiger partial charge is 0.117 e. The molecule has 2 aromatic carbocycles. The second-order valence-electron chi connectivity index (χ2n) is 5.28. The van der Waals surface area contributed by atoms with Gasteiger partial charge in [-0.05, 0) is 44.2 Å². The largest absolute Gasteiger partial charge is 0.508 e. The van der Waals surface area contributed by atoms with E-state index in [1.165, 1.54) is 5.69 Å². The number of phenolic OH excluding ortho intramolecular Hbond substituents is 1. The van der Waals surface area contributed by atoms with Gasteiger partial charge in [-0.2, -0.15) is 0 Å². The Morgan fingerprint density at radius 2 is 1.73 bits per heavy atom. The summed E-state index contributed by atoms with van der Waals surface area (Å²) in [6.07, 6.45) is 1.84. The highest BCUT2D eigenvalue weighted by Gasteiger charge is 2.08. The molecule has 0 bridgehead atoms. The highest BCUT2D eigenvalue weighted by atomic mass is 16.3. The maximum Gasteiger partial charge on any atom is 0.117 e. The maximum absolute atomic E-state index is 9.48. The minimum atomic E-state index is 0.226. The zero-order valence-electron chi connectivity index (χ0n) is 12.7. The lowest BCUT2D eigenvalue weighted by Crippen LogP contribution is -1.98. The minimum Gasteiger partial charge on any atom is -0.508 e. The average Bonchev–Trinajstić information content (AvgIpc) is 2.80. The van der Waals surface area contributed by atoms with E-state index in [4.69, 9.17) is 0 Å². The van der Waals surface area contributed by atoms with Gasteiger partial charge < -0.3 is 9.67 Å². The van der Waals surface area contributed by atoms with Crippen molar-refractivity contribution in [2.75, 3.05) is 0 Å². The molecule has 0 amide bonds. The molecule has 3 aromatic rings. The number of benzene rings is 2. The molecule has 110 valence electrons. The van der Waals surface area contributed by atoms with Crippen molar-refractivity contribution < 1.29 is 5.11 Å². The Morgan fingerprint density at radius 3 is 2.45 bits per heavy atom. The third kappa shape index (κ3) is 2.79. The summed E-state index contributed by atoms with van der Waals surface area (Å²) in [4.78, 5) is 4.45. The first-order chi connectivity index (χ1) is 10.6. The molecule has 3 heteroatoms. The molecule has 22 heavy (non-hydrogen) atoms. The number of aromatic nitrogens is 1. The molecule has 0 radical (unpaired) electrons. The zero-order chi connectivity index (χ0) is 15.5. The van der Waals surface area contributed by atoms with Crippen molar-refractivity contribution >= 4 is 11.9 Å². The quantitative estimate of drug-likeness (QED) is 0.706. The van der Waals surface area contributed by atoms with E-state index in [0.717, 1.165) is 22.6 Å². The van der Waals surface area contributed by atoms with Gasteiger partial charge in [0.1, 0.15) is 5.75 Å². The lowest BCUT2D eigenvalue weighted by molar-refractivity contribution is 0.475. The van der Waals surface area contributed by atoms with Gasteiger partial charge in [-0.25, -0.2) is 0 Å². The standard InChI is InChI=1S/C19H18N2O/c1-14-11-16(13-20-17-7-6-10-19(22)12-17)15(2)21(14)18-8-4-3-5-9-18/h3-13,22H,1-2H3. The van der Waals surface area contributed by atoms with Crippen LogP contribution in [-0.2, 0) is 0 Å². The fraction of sp³-hybridized carbons (Fsp3) is 0.105. The van der Waals surface area contributed by atoms with Crippen LogP contribution in [-0.4, -0.2) is 15.9 Å². The summed E-state index contributed by atoms with van der Waals surface area (Å²) in [6, 6.07) is 19.3. The van der Waals surface area contributed by atoms with Crippen LogP contribution >= 0.6 is 0 Å². The van der Waals surface area contributed by atoms with E-state index in [-0.39, 0.29) is 5.75 Å². The summed E-state index contributed by atoms with van der Waals surface area (Å²) in [5.41, 5.74) is 5.28. The third-order valence-electron chi connectivity index (χ3n) is 3.67. The SMILES string of the molecule is Cc1cc(C=Nc2cccc(O)c2)c(C)n1-c1ccccc1. The molecule has 0 fully saturated rings. The minimum absolute atomic E-state index is 0.226. The topological polar surface area (TPSA) is 37.5 Å². The molecular formula is C19H18N2O. The van der Waals surface area contributed by atoms with E-state index < -0.39 is 0 Å². The molecule has 0 saturated carbocycles. The molecule has 0 saturated heterocycles. The molecule has 0 unspecified atom stereocenters. The lowest BCUT2D eigenvalue weighted by Gasteiger charge is -2.08. The molecule has 3 nitrogen and oxygen atoms in total. The molecule has 3 rings (SSSR count). The normalized spacial score (nSPS) is 11.2. The van der Waals surface area contributed by atoms with Crippen LogP contribution in [0.15, 0.2) is 65.7 Å². The highest BCUT2D eigenvalue weighted by molar-refractivity contribution is 5.84. The van der Waals surface area contributed by atoms with Crippen LogP contribution in [0.3, 0.4) is 0 Å².